The number of hydrogen-bond donors (Lipinski definition) is 1. The van der Waals surface area contributed by atoms with Crippen molar-refractivity contribution in [3.05, 3.63) is 0 Å². The fourth-order valence-electron chi connectivity index (χ4n) is 2.45. The van der Waals surface area contributed by atoms with Crippen LogP contribution in [-0.4, -0.2) is 48.3 Å². The maximum Gasteiger partial charge on any atom is 0.309 e. The summed E-state index contributed by atoms with van der Waals surface area (Å²) in [4.78, 5) is 13.7. The molecule has 0 aromatic carbocycles. The molecule has 0 aromatic heterocycles. The number of aliphatic hydroxyl groups is 1. The van der Waals surface area contributed by atoms with Crippen LogP contribution in [0, 0.1) is 5.92 Å². The first-order valence-electron chi connectivity index (χ1n) is 6.57. The largest absolute Gasteiger partial charge is 0.469 e. The SMILES string of the molecule is CCC(O)(CC)CN1CCCC(C(=O)OC)C1. The highest BCUT2D eigenvalue weighted by Crippen LogP contribution is 2.22. The van der Waals surface area contributed by atoms with E-state index in [0.29, 0.717) is 6.54 Å². The van der Waals surface area contributed by atoms with E-state index in [4.69, 9.17) is 4.74 Å². The Kier molecular flexibility index (Phi) is 5.40. The Labute approximate surface area is 104 Å². The molecule has 0 amide bonds. The number of rotatable bonds is 5. The Morgan fingerprint density at radius 1 is 1.47 bits per heavy atom. The van der Waals surface area contributed by atoms with Crippen LogP contribution in [0.3, 0.4) is 0 Å². The van der Waals surface area contributed by atoms with E-state index >= 15 is 0 Å². The Morgan fingerprint density at radius 3 is 2.65 bits per heavy atom. The molecule has 0 aromatic rings. The zero-order valence-electron chi connectivity index (χ0n) is 11.2. The lowest BCUT2D eigenvalue weighted by molar-refractivity contribution is -0.148. The highest BCUT2D eigenvalue weighted by Gasteiger charge is 2.31. The summed E-state index contributed by atoms with van der Waals surface area (Å²) >= 11 is 0. The highest BCUT2D eigenvalue weighted by atomic mass is 16.5. The van der Waals surface area contributed by atoms with Crippen LogP contribution in [0.4, 0.5) is 0 Å². The first kappa shape index (κ1) is 14.5. The molecular formula is C13H25NO3. The number of piperidine rings is 1. The minimum atomic E-state index is -0.613. The zero-order valence-corrected chi connectivity index (χ0v) is 11.2. The fourth-order valence-corrected chi connectivity index (χ4v) is 2.45. The predicted octanol–water partition coefficient (Wildman–Crippen LogP) is 1.42. The van der Waals surface area contributed by atoms with Gasteiger partial charge in [0.15, 0.2) is 0 Å². The Morgan fingerprint density at radius 2 is 2.12 bits per heavy atom. The van der Waals surface area contributed by atoms with Crippen LogP contribution in [-0.2, 0) is 9.53 Å². The van der Waals surface area contributed by atoms with Crippen LogP contribution in [0.1, 0.15) is 39.5 Å². The van der Waals surface area contributed by atoms with Crippen molar-refractivity contribution in [3.8, 4) is 0 Å². The van der Waals surface area contributed by atoms with E-state index in [9.17, 15) is 9.90 Å². The number of carbonyl (C=O) groups is 1. The summed E-state index contributed by atoms with van der Waals surface area (Å²) in [7, 11) is 1.44. The molecule has 1 aliphatic heterocycles. The van der Waals surface area contributed by atoms with Gasteiger partial charge in [0, 0.05) is 13.1 Å². The van der Waals surface area contributed by atoms with Crippen LogP contribution in [0.2, 0.25) is 0 Å². The van der Waals surface area contributed by atoms with Gasteiger partial charge in [-0.15, -0.1) is 0 Å². The zero-order chi connectivity index (χ0) is 12.9. The van der Waals surface area contributed by atoms with Gasteiger partial charge >= 0.3 is 5.97 Å². The van der Waals surface area contributed by atoms with Gasteiger partial charge in [-0.25, -0.2) is 0 Å². The summed E-state index contributed by atoms with van der Waals surface area (Å²) < 4.78 is 4.79. The molecule has 1 N–H and O–H groups in total. The van der Waals surface area contributed by atoms with Gasteiger partial charge in [-0.3, -0.25) is 9.69 Å². The second-order valence-electron chi connectivity index (χ2n) is 5.03. The number of carbonyl (C=O) groups excluding carboxylic acids is 1. The Balaban J connectivity index is 2.52. The van der Waals surface area contributed by atoms with Gasteiger partial charge < -0.3 is 9.84 Å². The average molecular weight is 243 g/mol. The number of β-amino-alcohol motifs (C(OH)–C–C–N with tert-alkyl or cyclic N) is 1. The molecule has 4 heteroatoms. The van der Waals surface area contributed by atoms with Gasteiger partial charge in [-0.05, 0) is 32.2 Å². The fraction of sp³-hybridized carbons (Fsp3) is 0.923. The second-order valence-corrected chi connectivity index (χ2v) is 5.03. The van der Waals surface area contributed by atoms with Crippen LogP contribution >= 0.6 is 0 Å². The van der Waals surface area contributed by atoms with Gasteiger partial charge in [0.2, 0.25) is 0 Å². The van der Waals surface area contributed by atoms with Crippen molar-refractivity contribution in [1.82, 2.24) is 4.90 Å². The number of esters is 1. The van der Waals surface area contributed by atoms with E-state index in [2.05, 4.69) is 4.90 Å². The van der Waals surface area contributed by atoms with Crippen molar-refractivity contribution in [2.45, 2.75) is 45.1 Å². The number of likely N-dealkylation sites (tertiary alicyclic amines) is 1. The number of hydrogen-bond acceptors (Lipinski definition) is 4. The maximum atomic E-state index is 11.5. The molecule has 4 nitrogen and oxygen atoms in total. The summed E-state index contributed by atoms with van der Waals surface area (Å²) in [6.45, 7) is 6.36. The lowest BCUT2D eigenvalue weighted by Crippen LogP contribution is -2.47. The lowest BCUT2D eigenvalue weighted by Gasteiger charge is -2.37. The van der Waals surface area contributed by atoms with E-state index in [1.807, 2.05) is 13.8 Å². The molecule has 1 rings (SSSR count). The summed E-state index contributed by atoms with van der Waals surface area (Å²) in [5, 5.41) is 10.3. The third kappa shape index (κ3) is 3.96. The summed E-state index contributed by atoms with van der Waals surface area (Å²) in [6, 6.07) is 0. The second kappa shape index (κ2) is 6.36. The first-order valence-corrected chi connectivity index (χ1v) is 6.57. The molecule has 0 spiro atoms. The summed E-state index contributed by atoms with van der Waals surface area (Å²) in [5.74, 6) is -0.141. The lowest BCUT2D eigenvalue weighted by atomic mass is 9.93. The third-order valence-corrected chi connectivity index (χ3v) is 3.87. The molecular weight excluding hydrogens is 218 g/mol. The van der Waals surface area contributed by atoms with Crippen LogP contribution in [0.25, 0.3) is 0 Å². The van der Waals surface area contributed by atoms with Crippen LogP contribution < -0.4 is 0 Å². The molecule has 17 heavy (non-hydrogen) atoms. The normalized spacial score (nSPS) is 22.5. The third-order valence-electron chi connectivity index (χ3n) is 3.87. The molecule has 1 saturated heterocycles. The van der Waals surface area contributed by atoms with E-state index < -0.39 is 5.60 Å². The number of methoxy groups -OCH3 is 1. The Hall–Kier alpha value is -0.610. The molecule has 0 bridgehead atoms. The molecule has 0 radical (unpaired) electrons. The van der Waals surface area contributed by atoms with Crippen molar-refractivity contribution < 1.29 is 14.6 Å². The number of nitrogens with zero attached hydrogens (tertiary/aromatic N) is 1. The van der Waals surface area contributed by atoms with Crippen molar-refractivity contribution in [3.63, 3.8) is 0 Å². The average Bonchev–Trinajstić information content (AvgIpc) is 2.38. The molecule has 100 valence electrons. The van der Waals surface area contributed by atoms with Crippen molar-refractivity contribution in [2.75, 3.05) is 26.7 Å². The smallest absolute Gasteiger partial charge is 0.309 e. The standard InChI is InChI=1S/C13H25NO3/c1-4-13(16,5-2)10-14-8-6-7-11(9-14)12(15)17-3/h11,16H,4-10H2,1-3H3. The minimum absolute atomic E-state index is 0.0216. The quantitative estimate of drug-likeness (QED) is 0.742. The van der Waals surface area contributed by atoms with E-state index in [1.54, 1.807) is 0 Å². The Bertz CT molecular complexity index is 251. The predicted molar refractivity (Wildman–Crippen MR) is 66.7 cm³/mol. The van der Waals surface area contributed by atoms with Crippen LogP contribution in [0.15, 0.2) is 0 Å². The first-order chi connectivity index (χ1) is 8.04. The van der Waals surface area contributed by atoms with Gasteiger partial charge in [0.1, 0.15) is 0 Å². The maximum absolute atomic E-state index is 11.5. The van der Waals surface area contributed by atoms with Crippen molar-refractivity contribution >= 4 is 5.97 Å². The van der Waals surface area contributed by atoms with E-state index in [-0.39, 0.29) is 11.9 Å². The van der Waals surface area contributed by atoms with Gasteiger partial charge in [-0.1, -0.05) is 13.8 Å². The van der Waals surface area contributed by atoms with Gasteiger partial charge in [-0.2, -0.15) is 0 Å². The topological polar surface area (TPSA) is 49.8 Å². The van der Waals surface area contributed by atoms with Gasteiger partial charge in [0.25, 0.3) is 0 Å². The monoisotopic (exact) mass is 243 g/mol. The molecule has 1 atom stereocenters. The van der Waals surface area contributed by atoms with Gasteiger partial charge in [0.05, 0.1) is 18.6 Å². The molecule has 1 heterocycles. The summed E-state index contributed by atoms with van der Waals surface area (Å²) in [5.41, 5.74) is -0.613. The van der Waals surface area contributed by atoms with Crippen LogP contribution in [0.5, 0.6) is 0 Å². The molecule has 0 saturated carbocycles. The number of ether oxygens (including phenoxy) is 1. The molecule has 1 unspecified atom stereocenters. The molecule has 1 aliphatic rings. The van der Waals surface area contributed by atoms with Crippen molar-refractivity contribution in [1.29, 1.82) is 0 Å². The molecule has 1 fully saturated rings. The minimum Gasteiger partial charge on any atom is -0.469 e. The van der Waals surface area contributed by atoms with Crippen molar-refractivity contribution in [2.24, 2.45) is 5.92 Å². The van der Waals surface area contributed by atoms with E-state index in [0.717, 1.165) is 38.8 Å². The van der Waals surface area contributed by atoms with E-state index in [1.165, 1.54) is 7.11 Å². The highest BCUT2D eigenvalue weighted by molar-refractivity contribution is 5.72. The molecule has 0 aliphatic carbocycles. The summed E-state index contributed by atoms with van der Waals surface area (Å²) in [6.07, 6.45) is 3.41.